The Morgan fingerprint density at radius 1 is 1.24 bits per heavy atom. The highest BCUT2D eigenvalue weighted by Gasteiger charge is 2.11. The molecular weight excluding hydrogens is 216 g/mol. The minimum Gasteiger partial charge on any atom is -0.495 e. The van der Waals surface area contributed by atoms with Crippen molar-refractivity contribution in [3.05, 3.63) is 48.3 Å². The van der Waals surface area contributed by atoms with E-state index in [0.717, 1.165) is 0 Å². The second kappa shape index (κ2) is 4.74. The van der Waals surface area contributed by atoms with Crippen molar-refractivity contribution in [2.75, 3.05) is 12.4 Å². The van der Waals surface area contributed by atoms with Gasteiger partial charge in [0.1, 0.15) is 11.4 Å². The van der Waals surface area contributed by atoms with Crippen LogP contribution in [0.3, 0.4) is 0 Å². The number of carbonyl (C=O) groups excluding carboxylic acids is 1. The topological polar surface area (TPSA) is 43.3 Å². The highest BCUT2D eigenvalue weighted by Crippen LogP contribution is 2.23. The second-order valence-corrected chi connectivity index (χ2v) is 3.66. The molecule has 17 heavy (non-hydrogen) atoms. The van der Waals surface area contributed by atoms with Crippen molar-refractivity contribution in [1.29, 1.82) is 0 Å². The Balaban J connectivity index is 2.22. The number of rotatable bonds is 3. The van der Waals surface area contributed by atoms with Crippen LogP contribution in [0.15, 0.2) is 42.6 Å². The van der Waals surface area contributed by atoms with Crippen molar-refractivity contribution in [2.45, 2.75) is 0 Å². The van der Waals surface area contributed by atoms with E-state index >= 15 is 0 Å². The number of aryl methyl sites for hydroxylation is 1. The fraction of sp³-hybridized carbons (Fsp3) is 0.154. The van der Waals surface area contributed by atoms with Gasteiger partial charge in [-0.1, -0.05) is 12.1 Å². The molecule has 1 amide bonds. The Bertz CT molecular complexity index is 532. The molecule has 0 spiro atoms. The number of para-hydroxylation sites is 2. The van der Waals surface area contributed by atoms with Gasteiger partial charge in [0, 0.05) is 13.2 Å². The first-order valence-electron chi connectivity index (χ1n) is 5.28. The van der Waals surface area contributed by atoms with Crippen LogP contribution in [0.5, 0.6) is 5.75 Å². The summed E-state index contributed by atoms with van der Waals surface area (Å²) in [5.41, 5.74) is 1.28. The zero-order valence-corrected chi connectivity index (χ0v) is 9.81. The molecule has 0 radical (unpaired) electrons. The van der Waals surface area contributed by atoms with Gasteiger partial charge in [-0.25, -0.2) is 0 Å². The van der Waals surface area contributed by atoms with Gasteiger partial charge in [0.2, 0.25) is 0 Å². The molecule has 0 atom stereocenters. The van der Waals surface area contributed by atoms with Gasteiger partial charge in [0.25, 0.3) is 5.91 Å². The molecule has 4 nitrogen and oxygen atoms in total. The average molecular weight is 230 g/mol. The predicted molar refractivity (Wildman–Crippen MR) is 66.4 cm³/mol. The van der Waals surface area contributed by atoms with Crippen LogP contribution in [0, 0.1) is 0 Å². The summed E-state index contributed by atoms with van der Waals surface area (Å²) >= 11 is 0. The van der Waals surface area contributed by atoms with Gasteiger partial charge in [-0.15, -0.1) is 0 Å². The summed E-state index contributed by atoms with van der Waals surface area (Å²) < 4.78 is 6.94. The summed E-state index contributed by atoms with van der Waals surface area (Å²) in [5.74, 6) is 0.497. The summed E-state index contributed by atoms with van der Waals surface area (Å²) in [6.45, 7) is 0. The summed E-state index contributed by atoms with van der Waals surface area (Å²) in [6.07, 6.45) is 1.83. The Morgan fingerprint density at radius 2 is 2.00 bits per heavy atom. The number of nitrogens with one attached hydrogen (secondary N) is 1. The van der Waals surface area contributed by atoms with E-state index in [1.54, 1.807) is 29.9 Å². The van der Waals surface area contributed by atoms with Gasteiger partial charge >= 0.3 is 0 Å². The molecule has 2 rings (SSSR count). The van der Waals surface area contributed by atoms with Crippen LogP contribution in [-0.2, 0) is 7.05 Å². The highest BCUT2D eigenvalue weighted by atomic mass is 16.5. The molecule has 0 fully saturated rings. The smallest absolute Gasteiger partial charge is 0.272 e. The van der Waals surface area contributed by atoms with E-state index < -0.39 is 0 Å². The Hall–Kier alpha value is -2.23. The van der Waals surface area contributed by atoms with Crippen molar-refractivity contribution in [2.24, 2.45) is 7.05 Å². The van der Waals surface area contributed by atoms with E-state index in [1.165, 1.54) is 0 Å². The van der Waals surface area contributed by atoms with Crippen molar-refractivity contribution < 1.29 is 9.53 Å². The van der Waals surface area contributed by atoms with Crippen LogP contribution in [0.1, 0.15) is 10.5 Å². The largest absolute Gasteiger partial charge is 0.495 e. The SMILES string of the molecule is COc1ccccc1NC(=O)c1cccn1C. The third-order valence-corrected chi connectivity index (χ3v) is 2.53. The molecular formula is C13H14N2O2. The number of carbonyl (C=O) groups is 1. The van der Waals surface area contributed by atoms with E-state index in [4.69, 9.17) is 4.74 Å². The fourth-order valence-corrected chi connectivity index (χ4v) is 1.63. The third-order valence-electron chi connectivity index (χ3n) is 2.53. The number of anilines is 1. The van der Waals surface area contributed by atoms with Crippen molar-refractivity contribution in [3.63, 3.8) is 0 Å². The highest BCUT2D eigenvalue weighted by molar-refractivity contribution is 6.03. The number of benzene rings is 1. The summed E-state index contributed by atoms with van der Waals surface area (Å²) in [6, 6.07) is 10.9. The fourth-order valence-electron chi connectivity index (χ4n) is 1.63. The molecule has 1 N–H and O–H groups in total. The molecule has 0 aliphatic heterocycles. The van der Waals surface area contributed by atoms with Crippen LogP contribution in [0.25, 0.3) is 0 Å². The predicted octanol–water partition coefficient (Wildman–Crippen LogP) is 2.29. The zero-order valence-electron chi connectivity index (χ0n) is 9.81. The number of hydrogen-bond acceptors (Lipinski definition) is 2. The van der Waals surface area contributed by atoms with Crippen LogP contribution in [0.4, 0.5) is 5.69 Å². The Kier molecular flexibility index (Phi) is 3.14. The van der Waals surface area contributed by atoms with Gasteiger partial charge in [-0.05, 0) is 24.3 Å². The molecule has 0 aliphatic carbocycles. The first-order chi connectivity index (χ1) is 8.22. The number of nitrogens with zero attached hydrogens (tertiary/aromatic N) is 1. The van der Waals surface area contributed by atoms with E-state index in [0.29, 0.717) is 17.1 Å². The summed E-state index contributed by atoms with van der Waals surface area (Å²) in [4.78, 5) is 12.0. The van der Waals surface area contributed by atoms with Crippen LogP contribution >= 0.6 is 0 Å². The molecule has 4 heteroatoms. The maximum absolute atomic E-state index is 12.0. The number of hydrogen-bond donors (Lipinski definition) is 1. The van der Waals surface area contributed by atoms with Crippen LogP contribution in [-0.4, -0.2) is 17.6 Å². The monoisotopic (exact) mass is 230 g/mol. The molecule has 1 aromatic heterocycles. The minimum absolute atomic E-state index is 0.151. The third kappa shape index (κ3) is 2.30. The van der Waals surface area contributed by atoms with E-state index in [1.807, 2.05) is 31.4 Å². The average Bonchev–Trinajstić information content (AvgIpc) is 2.76. The van der Waals surface area contributed by atoms with Crippen molar-refractivity contribution in [1.82, 2.24) is 4.57 Å². The van der Waals surface area contributed by atoms with Gasteiger partial charge in [0.15, 0.2) is 0 Å². The zero-order chi connectivity index (χ0) is 12.3. The molecule has 0 aliphatic rings. The Labute approximate surface area is 99.8 Å². The first kappa shape index (κ1) is 11.3. The maximum Gasteiger partial charge on any atom is 0.272 e. The summed E-state index contributed by atoms with van der Waals surface area (Å²) in [5, 5.41) is 2.82. The molecule has 0 saturated heterocycles. The van der Waals surface area contributed by atoms with E-state index in [-0.39, 0.29) is 5.91 Å². The van der Waals surface area contributed by atoms with Crippen LogP contribution < -0.4 is 10.1 Å². The lowest BCUT2D eigenvalue weighted by molar-refractivity contribution is 0.101. The van der Waals surface area contributed by atoms with E-state index in [2.05, 4.69) is 5.32 Å². The lowest BCUT2D eigenvalue weighted by atomic mass is 10.3. The Morgan fingerprint density at radius 3 is 2.65 bits per heavy atom. The normalized spacial score (nSPS) is 10.0. The van der Waals surface area contributed by atoms with Crippen LogP contribution in [0.2, 0.25) is 0 Å². The first-order valence-corrected chi connectivity index (χ1v) is 5.28. The number of amides is 1. The second-order valence-electron chi connectivity index (χ2n) is 3.66. The quantitative estimate of drug-likeness (QED) is 0.879. The van der Waals surface area contributed by atoms with Gasteiger partial charge in [-0.3, -0.25) is 4.79 Å². The molecule has 0 unspecified atom stereocenters. The molecule has 0 bridgehead atoms. The standard InChI is InChI=1S/C13H14N2O2/c1-15-9-5-7-11(15)13(16)14-10-6-3-4-8-12(10)17-2/h3-9H,1-2H3,(H,14,16). The lowest BCUT2D eigenvalue weighted by Crippen LogP contribution is -2.15. The maximum atomic E-state index is 12.0. The summed E-state index contributed by atoms with van der Waals surface area (Å²) in [7, 11) is 3.41. The van der Waals surface area contributed by atoms with Gasteiger partial charge < -0.3 is 14.6 Å². The molecule has 2 aromatic rings. The van der Waals surface area contributed by atoms with Gasteiger partial charge in [0.05, 0.1) is 12.8 Å². The van der Waals surface area contributed by atoms with E-state index in [9.17, 15) is 4.79 Å². The minimum atomic E-state index is -0.151. The van der Waals surface area contributed by atoms with Gasteiger partial charge in [-0.2, -0.15) is 0 Å². The number of ether oxygens (including phenoxy) is 1. The molecule has 0 saturated carbocycles. The van der Waals surface area contributed by atoms with Crippen molar-refractivity contribution in [3.8, 4) is 5.75 Å². The molecule has 1 aromatic carbocycles. The number of methoxy groups -OCH3 is 1. The molecule has 88 valence electrons. The lowest BCUT2D eigenvalue weighted by Gasteiger charge is -2.10. The molecule has 1 heterocycles. The number of aromatic nitrogens is 1. The van der Waals surface area contributed by atoms with Crippen molar-refractivity contribution >= 4 is 11.6 Å².